The van der Waals surface area contributed by atoms with E-state index in [0.717, 1.165) is 17.0 Å². The summed E-state index contributed by atoms with van der Waals surface area (Å²) in [6, 6.07) is 0. The molecule has 2 heterocycles. The predicted octanol–water partition coefficient (Wildman–Crippen LogP) is 0.718. The Labute approximate surface area is 97.4 Å². The lowest BCUT2D eigenvalue weighted by atomic mass is 10.2. The molecule has 2 aromatic heterocycles. The van der Waals surface area contributed by atoms with Crippen LogP contribution < -0.4 is 0 Å². The first-order chi connectivity index (χ1) is 8.11. The van der Waals surface area contributed by atoms with Crippen molar-refractivity contribution >= 4 is 5.97 Å². The van der Waals surface area contributed by atoms with E-state index in [1.165, 1.54) is 13.4 Å². The number of esters is 1. The number of carbonyl (C=O) groups is 1. The largest absolute Gasteiger partial charge is 0.463 e. The normalized spacial score (nSPS) is 10.5. The van der Waals surface area contributed by atoms with Gasteiger partial charge in [-0.25, -0.2) is 14.5 Å². The van der Waals surface area contributed by atoms with Crippen LogP contribution in [0.2, 0.25) is 0 Å². The van der Waals surface area contributed by atoms with Gasteiger partial charge >= 0.3 is 5.97 Å². The highest BCUT2D eigenvalue weighted by atomic mass is 16.5. The van der Waals surface area contributed by atoms with Gasteiger partial charge in [-0.1, -0.05) is 5.16 Å². The van der Waals surface area contributed by atoms with Crippen molar-refractivity contribution in [1.82, 2.24) is 19.9 Å². The van der Waals surface area contributed by atoms with Gasteiger partial charge in [-0.15, -0.1) is 5.10 Å². The molecular weight excluding hydrogens is 224 g/mol. The average Bonchev–Trinajstić information content (AvgIpc) is 2.90. The Hall–Kier alpha value is -2.18. The van der Waals surface area contributed by atoms with Crippen LogP contribution in [-0.4, -0.2) is 33.0 Å². The lowest BCUT2D eigenvalue weighted by Crippen LogP contribution is -2.07. The zero-order valence-electron chi connectivity index (χ0n) is 9.80. The molecule has 0 spiro atoms. The zero-order valence-corrected chi connectivity index (χ0v) is 9.80. The summed E-state index contributed by atoms with van der Waals surface area (Å²) in [6.07, 6.45) is 1.47. The van der Waals surface area contributed by atoms with Gasteiger partial charge < -0.3 is 9.26 Å². The number of methoxy groups -OCH3 is 1. The van der Waals surface area contributed by atoms with Crippen molar-refractivity contribution in [2.75, 3.05) is 7.11 Å². The van der Waals surface area contributed by atoms with Crippen molar-refractivity contribution in [3.8, 4) is 0 Å². The molecule has 0 aromatic carbocycles. The molecule has 7 heteroatoms. The van der Waals surface area contributed by atoms with Crippen LogP contribution in [0.1, 0.15) is 27.6 Å². The molecule has 7 nitrogen and oxygen atoms in total. The SMILES string of the molecule is COC(=O)c1ncn(Cc2c(C)noc2C)n1. The van der Waals surface area contributed by atoms with Crippen molar-refractivity contribution in [1.29, 1.82) is 0 Å². The van der Waals surface area contributed by atoms with E-state index in [4.69, 9.17) is 4.52 Å². The highest BCUT2D eigenvalue weighted by molar-refractivity contribution is 5.84. The number of ether oxygens (including phenoxy) is 1. The van der Waals surface area contributed by atoms with Crippen LogP contribution >= 0.6 is 0 Å². The Morgan fingerprint density at radius 2 is 2.29 bits per heavy atom. The third kappa shape index (κ3) is 2.17. The molecule has 0 unspecified atom stereocenters. The fraction of sp³-hybridized carbons (Fsp3) is 0.400. The summed E-state index contributed by atoms with van der Waals surface area (Å²) < 4.78 is 11.1. The molecule has 0 aliphatic rings. The number of hydrogen-bond donors (Lipinski definition) is 0. The minimum Gasteiger partial charge on any atom is -0.463 e. The summed E-state index contributed by atoms with van der Waals surface area (Å²) >= 11 is 0. The van der Waals surface area contributed by atoms with Crippen LogP contribution in [0.3, 0.4) is 0 Å². The maximum Gasteiger partial charge on any atom is 0.377 e. The monoisotopic (exact) mass is 236 g/mol. The third-order valence-corrected chi connectivity index (χ3v) is 2.41. The van der Waals surface area contributed by atoms with Gasteiger partial charge in [0.1, 0.15) is 12.1 Å². The van der Waals surface area contributed by atoms with Crippen LogP contribution in [0.15, 0.2) is 10.9 Å². The minimum atomic E-state index is -0.553. The number of nitrogens with zero attached hydrogens (tertiary/aromatic N) is 4. The molecule has 0 N–H and O–H groups in total. The second-order valence-corrected chi connectivity index (χ2v) is 3.56. The van der Waals surface area contributed by atoms with Crippen molar-refractivity contribution in [3.05, 3.63) is 29.2 Å². The molecule has 0 saturated heterocycles. The maximum absolute atomic E-state index is 11.2. The first-order valence-corrected chi connectivity index (χ1v) is 5.01. The van der Waals surface area contributed by atoms with Crippen molar-refractivity contribution in [2.24, 2.45) is 0 Å². The standard InChI is InChI=1S/C10H12N4O3/c1-6-8(7(2)17-13-6)4-14-5-11-9(12-14)10(15)16-3/h5H,4H2,1-3H3. The summed E-state index contributed by atoms with van der Waals surface area (Å²) in [5.74, 6) is 0.222. The molecule has 17 heavy (non-hydrogen) atoms. The van der Waals surface area contributed by atoms with Crippen molar-refractivity contribution in [3.63, 3.8) is 0 Å². The van der Waals surface area contributed by atoms with E-state index >= 15 is 0 Å². The Morgan fingerprint density at radius 1 is 1.53 bits per heavy atom. The second-order valence-electron chi connectivity index (χ2n) is 3.56. The first-order valence-electron chi connectivity index (χ1n) is 5.01. The van der Waals surface area contributed by atoms with E-state index in [-0.39, 0.29) is 5.82 Å². The van der Waals surface area contributed by atoms with Crippen LogP contribution in [0.5, 0.6) is 0 Å². The molecule has 0 fully saturated rings. The first kappa shape index (κ1) is 11.3. The number of carbonyl (C=O) groups excluding carboxylic acids is 1. The Kier molecular flexibility index (Phi) is 2.90. The van der Waals surface area contributed by atoms with E-state index in [9.17, 15) is 4.79 Å². The quantitative estimate of drug-likeness (QED) is 0.730. The molecule has 0 aliphatic carbocycles. The minimum absolute atomic E-state index is 0.0410. The van der Waals surface area contributed by atoms with Gasteiger partial charge in [-0.2, -0.15) is 0 Å². The smallest absolute Gasteiger partial charge is 0.377 e. The Balaban J connectivity index is 2.20. The molecule has 0 radical (unpaired) electrons. The Morgan fingerprint density at radius 3 is 2.88 bits per heavy atom. The summed E-state index contributed by atoms with van der Waals surface area (Å²) in [5.41, 5.74) is 1.74. The second kappa shape index (κ2) is 4.36. The molecule has 2 aromatic rings. The van der Waals surface area contributed by atoms with Crippen LogP contribution in [0, 0.1) is 13.8 Å². The zero-order chi connectivity index (χ0) is 12.4. The lowest BCUT2D eigenvalue weighted by molar-refractivity contribution is 0.0586. The lowest BCUT2D eigenvalue weighted by Gasteiger charge is -1.98. The van der Waals surface area contributed by atoms with Crippen LogP contribution in [0.4, 0.5) is 0 Å². The van der Waals surface area contributed by atoms with Gasteiger partial charge in [-0.3, -0.25) is 0 Å². The van der Waals surface area contributed by atoms with Gasteiger partial charge in [0.15, 0.2) is 0 Å². The van der Waals surface area contributed by atoms with E-state index < -0.39 is 5.97 Å². The predicted molar refractivity (Wildman–Crippen MR) is 56.4 cm³/mol. The molecule has 0 atom stereocenters. The van der Waals surface area contributed by atoms with Gasteiger partial charge in [-0.05, 0) is 13.8 Å². The Bertz CT molecular complexity index is 524. The van der Waals surface area contributed by atoms with Crippen molar-refractivity contribution in [2.45, 2.75) is 20.4 Å². The number of aryl methyl sites for hydroxylation is 2. The number of hydrogen-bond acceptors (Lipinski definition) is 6. The fourth-order valence-corrected chi connectivity index (χ4v) is 1.45. The van der Waals surface area contributed by atoms with Crippen LogP contribution in [-0.2, 0) is 11.3 Å². The van der Waals surface area contributed by atoms with E-state index in [2.05, 4.69) is 20.0 Å². The van der Waals surface area contributed by atoms with Gasteiger partial charge in [0.05, 0.1) is 19.3 Å². The van der Waals surface area contributed by atoms with E-state index in [1.807, 2.05) is 13.8 Å². The highest BCUT2D eigenvalue weighted by Crippen LogP contribution is 2.13. The maximum atomic E-state index is 11.2. The molecule has 0 saturated carbocycles. The summed E-state index contributed by atoms with van der Waals surface area (Å²) in [4.78, 5) is 15.0. The van der Waals surface area contributed by atoms with Crippen molar-refractivity contribution < 1.29 is 14.1 Å². The van der Waals surface area contributed by atoms with Gasteiger partial charge in [0.25, 0.3) is 5.82 Å². The molecular formula is C10H12N4O3. The van der Waals surface area contributed by atoms with Gasteiger partial charge in [0.2, 0.25) is 0 Å². The van der Waals surface area contributed by atoms with Gasteiger partial charge in [0, 0.05) is 5.56 Å². The van der Waals surface area contributed by atoms with E-state index in [1.54, 1.807) is 4.68 Å². The van der Waals surface area contributed by atoms with Crippen LogP contribution in [0.25, 0.3) is 0 Å². The topological polar surface area (TPSA) is 83.0 Å². The molecule has 2 rings (SSSR count). The molecule has 90 valence electrons. The molecule has 0 aliphatic heterocycles. The fourth-order valence-electron chi connectivity index (χ4n) is 1.45. The molecule has 0 bridgehead atoms. The highest BCUT2D eigenvalue weighted by Gasteiger charge is 2.14. The third-order valence-electron chi connectivity index (χ3n) is 2.41. The number of aromatic nitrogens is 4. The summed E-state index contributed by atoms with van der Waals surface area (Å²) in [6.45, 7) is 4.14. The summed E-state index contributed by atoms with van der Waals surface area (Å²) in [7, 11) is 1.29. The average molecular weight is 236 g/mol. The summed E-state index contributed by atoms with van der Waals surface area (Å²) in [5, 5.41) is 7.84. The molecule has 0 amide bonds. The number of rotatable bonds is 3. The van der Waals surface area contributed by atoms with E-state index in [0.29, 0.717) is 6.54 Å².